The molecular weight excluding hydrogens is 292 g/mol. The first-order chi connectivity index (χ1) is 10.6. The van der Waals surface area contributed by atoms with E-state index in [1.165, 1.54) is 19.4 Å². The molecule has 0 spiro atoms. The number of rotatable bonds is 6. The number of nitrogens with zero attached hydrogens (tertiary/aromatic N) is 3. The monoisotopic (exact) mass is 307 g/mol. The summed E-state index contributed by atoms with van der Waals surface area (Å²) < 4.78 is 30.4. The standard InChI is InChI=1S/C15H15F2N3O2/c1-22-15-18-8-7-12(19-15)14(21)20(10-13(16)17)9-11-5-3-2-4-6-11/h2-8,13H,9-10H2,1H3. The van der Waals surface area contributed by atoms with Crippen molar-refractivity contribution < 1.29 is 18.3 Å². The Labute approximate surface area is 126 Å². The largest absolute Gasteiger partial charge is 0.467 e. The maximum atomic E-state index is 12.8. The van der Waals surface area contributed by atoms with Crippen LogP contribution in [0.5, 0.6) is 6.01 Å². The second-order valence-corrected chi connectivity index (χ2v) is 4.49. The maximum Gasteiger partial charge on any atom is 0.316 e. The summed E-state index contributed by atoms with van der Waals surface area (Å²) in [5.74, 6) is -0.593. The Morgan fingerprint density at radius 2 is 2.00 bits per heavy atom. The number of carbonyl (C=O) groups excluding carboxylic acids is 1. The summed E-state index contributed by atoms with van der Waals surface area (Å²) in [7, 11) is 1.37. The van der Waals surface area contributed by atoms with Crippen LogP contribution in [-0.4, -0.2) is 40.9 Å². The predicted molar refractivity (Wildman–Crippen MR) is 75.8 cm³/mol. The first kappa shape index (κ1) is 15.8. The average Bonchev–Trinajstić information content (AvgIpc) is 2.54. The van der Waals surface area contributed by atoms with Gasteiger partial charge in [-0.25, -0.2) is 13.8 Å². The van der Waals surface area contributed by atoms with Crippen molar-refractivity contribution in [1.82, 2.24) is 14.9 Å². The second kappa shape index (κ2) is 7.44. The fourth-order valence-corrected chi connectivity index (χ4v) is 1.91. The van der Waals surface area contributed by atoms with Gasteiger partial charge in [-0.3, -0.25) is 4.79 Å². The molecule has 22 heavy (non-hydrogen) atoms. The zero-order valence-electron chi connectivity index (χ0n) is 11.9. The molecule has 1 aromatic heterocycles. The van der Waals surface area contributed by atoms with E-state index in [1.54, 1.807) is 24.3 Å². The van der Waals surface area contributed by atoms with Gasteiger partial charge in [0, 0.05) is 12.7 Å². The van der Waals surface area contributed by atoms with E-state index in [4.69, 9.17) is 4.74 Å². The highest BCUT2D eigenvalue weighted by Crippen LogP contribution is 2.12. The Balaban J connectivity index is 2.22. The van der Waals surface area contributed by atoms with Crippen molar-refractivity contribution in [2.45, 2.75) is 13.0 Å². The van der Waals surface area contributed by atoms with Crippen molar-refractivity contribution >= 4 is 5.91 Å². The van der Waals surface area contributed by atoms with Gasteiger partial charge in [0.2, 0.25) is 0 Å². The molecule has 0 unspecified atom stereocenters. The summed E-state index contributed by atoms with van der Waals surface area (Å²) in [4.78, 5) is 21.1. The molecule has 1 heterocycles. The van der Waals surface area contributed by atoms with Crippen molar-refractivity contribution in [3.8, 4) is 6.01 Å². The molecule has 0 aliphatic rings. The van der Waals surface area contributed by atoms with Gasteiger partial charge in [-0.15, -0.1) is 0 Å². The molecule has 0 aliphatic carbocycles. The normalized spacial score (nSPS) is 10.5. The van der Waals surface area contributed by atoms with E-state index in [9.17, 15) is 13.6 Å². The van der Waals surface area contributed by atoms with Gasteiger partial charge in [-0.05, 0) is 11.6 Å². The van der Waals surface area contributed by atoms with E-state index in [-0.39, 0.29) is 18.2 Å². The summed E-state index contributed by atoms with van der Waals surface area (Å²) in [5.41, 5.74) is 0.779. The Morgan fingerprint density at radius 1 is 1.27 bits per heavy atom. The van der Waals surface area contributed by atoms with Gasteiger partial charge in [0.25, 0.3) is 12.3 Å². The lowest BCUT2D eigenvalue weighted by molar-refractivity contribution is 0.0529. The molecule has 1 amide bonds. The summed E-state index contributed by atoms with van der Waals surface area (Å²) in [6.45, 7) is -0.587. The highest BCUT2D eigenvalue weighted by atomic mass is 19.3. The molecule has 0 saturated carbocycles. The van der Waals surface area contributed by atoms with Crippen LogP contribution in [0.4, 0.5) is 8.78 Å². The number of hydrogen-bond acceptors (Lipinski definition) is 4. The topological polar surface area (TPSA) is 55.3 Å². The number of carbonyl (C=O) groups is 1. The molecular formula is C15H15F2N3O2. The number of alkyl halides is 2. The SMILES string of the molecule is COc1nccc(C(=O)N(Cc2ccccc2)CC(F)F)n1. The zero-order chi connectivity index (χ0) is 15.9. The van der Waals surface area contributed by atoms with E-state index in [1.807, 2.05) is 6.07 Å². The fraction of sp³-hybridized carbons (Fsp3) is 0.267. The molecule has 0 saturated heterocycles. The summed E-state index contributed by atoms with van der Waals surface area (Å²) in [6.07, 6.45) is -1.28. The lowest BCUT2D eigenvalue weighted by Gasteiger charge is -2.22. The molecule has 7 heteroatoms. The molecule has 0 radical (unpaired) electrons. The number of hydrogen-bond donors (Lipinski definition) is 0. The number of amides is 1. The van der Waals surface area contributed by atoms with Gasteiger partial charge < -0.3 is 9.64 Å². The molecule has 0 atom stereocenters. The van der Waals surface area contributed by atoms with E-state index in [2.05, 4.69) is 9.97 Å². The maximum absolute atomic E-state index is 12.8. The van der Waals surface area contributed by atoms with Gasteiger partial charge in [-0.1, -0.05) is 30.3 Å². The number of benzene rings is 1. The fourth-order valence-electron chi connectivity index (χ4n) is 1.91. The molecule has 2 aromatic rings. The minimum absolute atomic E-state index is 0.0163. The summed E-state index contributed by atoms with van der Waals surface area (Å²) in [5, 5.41) is 0. The average molecular weight is 307 g/mol. The molecule has 2 rings (SSSR count). The second-order valence-electron chi connectivity index (χ2n) is 4.49. The van der Waals surface area contributed by atoms with Crippen LogP contribution in [0, 0.1) is 0 Å². The van der Waals surface area contributed by atoms with Crippen molar-refractivity contribution in [3.05, 3.63) is 53.9 Å². The molecule has 0 bridgehead atoms. The summed E-state index contributed by atoms with van der Waals surface area (Å²) in [6, 6.07) is 10.3. The molecule has 0 fully saturated rings. The summed E-state index contributed by atoms with van der Waals surface area (Å²) >= 11 is 0. The van der Waals surface area contributed by atoms with Gasteiger partial charge in [0.05, 0.1) is 13.7 Å². The highest BCUT2D eigenvalue weighted by Gasteiger charge is 2.21. The van der Waals surface area contributed by atoms with E-state index >= 15 is 0 Å². The zero-order valence-corrected chi connectivity index (χ0v) is 11.9. The van der Waals surface area contributed by atoms with Crippen LogP contribution in [0.2, 0.25) is 0 Å². The first-order valence-electron chi connectivity index (χ1n) is 6.58. The van der Waals surface area contributed by atoms with Crippen LogP contribution >= 0.6 is 0 Å². The van der Waals surface area contributed by atoms with Crippen LogP contribution in [0.3, 0.4) is 0 Å². The highest BCUT2D eigenvalue weighted by molar-refractivity contribution is 5.92. The van der Waals surface area contributed by atoms with Crippen LogP contribution in [0.25, 0.3) is 0 Å². The van der Waals surface area contributed by atoms with Crippen molar-refractivity contribution in [3.63, 3.8) is 0 Å². The third-order valence-corrected chi connectivity index (χ3v) is 2.90. The van der Waals surface area contributed by atoms with Crippen molar-refractivity contribution in [2.75, 3.05) is 13.7 Å². The molecule has 5 nitrogen and oxygen atoms in total. The quantitative estimate of drug-likeness (QED) is 0.822. The molecule has 116 valence electrons. The number of halogens is 2. The number of ether oxygens (including phenoxy) is 1. The predicted octanol–water partition coefficient (Wildman–Crippen LogP) is 2.39. The van der Waals surface area contributed by atoms with Gasteiger partial charge >= 0.3 is 6.01 Å². The molecule has 0 aliphatic heterocycles. The molecule has 0 N–H and O–H groups in total. The van der Waals surface area contributed by atoms with Crippen LogP contribution in [0.1, 0.15) is 16.1 Å². The number of methoxy groups -OCH3 is 1. The van der Waals surface area contributed by atoms with Crippen molar-refractivity contribution in [2.24, 2.45) is 0 Å². The van der Waals surface area contributed by atoms with Crippen LogP contribution < -0.4 is 4.74 Å². The van der Waals surface area contributed by atoms with E-state index < -0.39 is 18.9 Å². The van der Waals surface area contributed by atoms with E-state index in [0.29, 0.717) is 0 Å². The Bertz CT molecular complexity index is 623. The van der Waals surface area contributed by atoms with Gasteiger partial charge in [0.15, 0.2) is 0 Å². The van der Waals surface area contributed by atoms with Crippen molar-refractivity contribution in [1.29, 1.82) is 0 Å². The van der Waals surface area contributed by atoms with E-state index in [0.717, 1.165) is 10.5 Å². The third kappa shape index (κ3) is 4.21. The Morgan fingerprint density at radius 3 is 2.64 bits per heavy atom. The Hall–Kier alpha value is -2.57. The lowest BCUT2D eigenvalue weighted by Crippen LogP contribution is -2.35. The number of aromatic nitrogens is 2. The van der Waals surface area contributed by atoms with Gasteiger partial charge in [-0.2, -0.15) is 4.98 Å². The third-order valence-electron chi connectivity index (χ3n) is 2.90. The molecule has 1 aromatic carbocycles. The van der Waals surface area contributed by atoms with Crippen LogP contribution in [-0.2, 0) is 6.54 Å². The minimum atomic E-state index is -2.63. The first-order valence-corrected chi connectivity index (χ1v) is 6.58. The minimum Gasteiger partial charge on any atom is -0.467 e. The Kier molecular flexibility index (Phi) is 5.35. The van der Waals surface area contributed by atoms with Gasteiger partial charge in [0.1, 0.15) is 5.69 Å². The lowest BCUT2D eigenvalue weighted by atomic mass is 10.2. The smallest absolute Gasteiger partial charge is 0.316 e. The van der Waals surface area contributed by atoms with Crippen LogP contribution in [0.15, 0.2) is 42.6 Å².